The van der Waals surface area contributed by atoms with E-state index in [2.05, 4.69) is 11.9 Å². The molecule has 1 N–H and O–H groups in total. The predicted octanol–water partition coefficient (Wildman–Crippen LogP) is 3.46. The Morgan fingerprint density at radius 2 is 2.05 bits per heavy atom. The zero-order valence-electron chi connectivity index (χ0n) is 12.1. The van der Waals surface area contributed by atoms with E-state index in [0.29, 0.717) is 12.1 Å². The van der Waals surface area contributed by atoms with Crippen LogP contribution in [0.25, 0.3) is 0 Å². The van der Waals surface area contributed by atoms with Gasteiger partial charge in [0, 0.05) is 16.7 Å². The van der Waals surface area contributed by atoms with Crippen LogP contribution in [0.3, 0.4) is 0 Å². The number of nitrogens with one attached hydrogen (secondary N) is 1. The van der Waals surface area contributed by atoms with Crippen molar-refractivity contribution in [2.24, 2.45) is 0 Å². The van der Waals surface area contributed by atoms with Gasteiger partial charge in [-0.05, 0) is 36.9 Å². The Morgan fingerprint density at radius 1 is 1.38 bits per heavy atom. The largest absolute Gasteiger partial charge is 0.459 e. The highest BCUT2D eigenvalue weighted by Gasteiger charge is 2.14. The van der Waals surface area contributed by atoms with Gasteiger partial charge in [0.25, 0.3) is 0 Å². The van der Waals surface area contributed by atoms with Crippen molar-refractivity contribution < 1.29 is 19.1 Å². The van der Waals surface area contributed by atoms with E-state index < -0.39 is 18.2 Å². The van der Waals surface area contributed by atoms with Crippen molar-refractivity contribution in [2.75, 3.05) is 18.2 Å². The maximum Gasteiger partial charge on any atom is 0.412 e. The fraction of sp³-hybridized carbons (Fsp3) is 0.333. The topological polar surface area (TPSA) is 64.6 Å². The first kappa shape index (κ1) is 17.1. The first-order chi connectivity index (χ1) is 10.1. The fourth-order valence-corrected chi connectivity index (χ4v) is 1.85. The number of anilines is 1. The molecule has 0 spiro atoms. The van der Waals surface area contributed by atoms with Gasteiger partial charge in [0.2, 0.25) is 0 Å². The van der Waals surface area contributed by atoms with Crippen LogP contribution < -0.4 is 5.32 Å². The second-order valence-electron chi connectivity index (χ2n) is 4.12. The molecule has 5 nitrogen and oxygen atoms in total. The summed E-state index contributed by atoms with van der Waals surface area (Å²) in [4.78, 5) is 23.8. The lowest BCUT2D eigenvalue weighted by molar-refractivity contribution is -0.140. The number of carbonyl (C=O) groups is 2. The number of ether oxygens (including phenoxy) is 2. The first-order valence-electron chi connectivity index (χ1n) is 6.50. The third-order valence-electron chi connectivity index (χ3n) is 2.64. The van der Waals surface area contributed by atoms with Gasteiger partial charge >= 0.3 is 12.1 Å². The summed E-state index contributed by atoms with van der Waals surface area (Å²) in [6.07, 6.45) is 2.53. The van der Waals surface area contributed by atoms with Crippen molar-refractivity contribution in [2.45, 2.75) is 24.3 Å². The first-order valence-corrected chi connectivity index (χ1v) is 7.72. The summed E-state index contributed by atoms with van der Waals surface area (Å²) in [5.74, 6) is -0.537. The Bertz CT molecular complexity index is 487. The number of carbonyl (C=O) groups excluding carboxylic acids is 2. The molecule has 114 valence electrons. The Balaban J connectivity index is 2.46. The highest BCUT2D eigenvalue weighted by molar-refractivity contribution is 7.98. The van der Waals surface area contributed by atoms with Crippen molar-refractivity contribution in [3.63, 3.8) is 0 Å². The summed E-state index contributed by atoms with van der Waals surface area (Å²) in [6.45, 7) is 5.15. The molecule has 0 radical (unpaired) electrons. The van der Waals surface area contributed by atoms with Crippen molar-refractivity contribution in [1.82, 2.24) is 0 Å². The van der Waals surface area contributed by atoms with Gasteiger partial charge < -0.3 is 9.47 Å². The summed E-state index contributed by atoms with van der Waals surface area (Å²) < 4.78 is 10.0. The van der Waals surface area contributed by atoms with Crippen molar-refractivity contribution in [1.29, 1.82) is 0 Å². The molecule has 0 aliphatic heterocycles. The summed E-state index contributed by atoms with van der Waals surface area (Å²) >= 11 is 1.62. The Hall–Kier alpha value is -1.95. The molecular weight excluding hydrogens is 290 g/mol. The lowest BCUT2D eigenvalue weighted by atomic mass is 10.3. The number of amides is 1. The van der Waals surface area contributed by atoms with Crippen molar-refractivity contribution in [3.05, 3.63) is 36.9 Å². The number of rotatable bonds is 7. The van der Waals surface area contributed by atoms with Crippen LogP contribution in [0.5, 0.6) is 0 Å². The number of hydrogen-bond acceptors (Lipinski definition) is 5. The van der Waals surface area contributed by atoms with Gasteiger partial charge in [-0.1, -0.05) is 13.5 Å². The monoisotopic (exact) mass is 309 g/mol. The molecule has 0 saturated heterocycles. The van der Waals surface area contributed by atoms with Gasteiger partial charge in [0.1, 0.15) is 12.7 Å². The second-order valence-corrected chi connectivity index (χ2v) is 5.00. The van der Waals surface area contributed by atoms with E-state index in [1.807, 2.05) is 25.3 Å². The molecule has 21 heavy (non-hydrogen) atoms. The van der Waals surface area contributed by atoms with Crippen LogP contribution in [0.15, 0.2) is 41.8 Å². The van der Waals surface area contributed by atoms with Crippen molar-refractivity contribution >= 4 is 29.5 Å². The number of esters is 1. The molecule has 0 heterocycles. The van der Waals surface area contributed by atoms with Gasteiger partial charge in [-0.2, -0.15) is 0 Å². The molecule has 1 atom stereocenters. The van der Waals surface area contributed by atoms with Crippen LogP contribution in [0, 0.1) is 0 Å². The van der Waals surface area contributed by atoms with E-state index in [0.717, 1.165) is 11.0 Å². The molecule has 1 rings (SSSR count). The zero-order valence-corrected chi connectivity index (χ0v) is 12.9. The Labute approximate surface area is 128 Å². The third kappa shape index (κ3) is 6.35. The molecule has 1 aromatic rings. The minimum Gasteiger partial charge on any atom is -0.459 e. The maximum absolute atomic E-state index is 11.8. The molecule has 6 heteroatoms. The van der Waals surface area contributed by atoms with Crippen LogP contribution >= 0.6 is 11.8 Å². The summed E-state index contributed by atoms with van der Waals surface area (Å²) in [5, 5.41) is 2.63. The summed E-state index contributed by atoms with van der Waals surface area (Å²) in [6, 6.07) is 7.41. The molecule has 0 aliphatic rings. The summed E-state index contributed by atoms with van der Waals surface area (Å²) in [7, 11) is 0. The third-order valence-corrected chi connectivity index (χ3v) is 3.39. The average molecular weight is 309 g/mol. The smallest absolute Gasteiger partial charge is 0.412 e. The minimum absolute atomic E-state index is 0.0141. The number of benzene rings is 1. The molecule has 1 aromatic carbocycles. The van der Waals surface area contributed by atoms with Crippen LogP contribution in [0.4, 0.5) is 10.5 Å². The number of thioether (sulfide) groups is 1. The van der Waals surface area contributed by atoms with Gasteiger partial charge in [-0.25, -0.2) is 9.59 Å². The van der Waals surface area contributed by atoms with E-state index in [-0.39, 0.29) is 6.61 Å². The second kappa shape index (κ2) is 9.07. The molecule has 0 aliphatic carbocycles. The van der Waals surface area contributed by atoms with Gasteiger partial charge in [0.05, 0.1) is 0 Å². The molecule has 1 unspecified atom stereocenters. The lowest BCUT2D eigenvalue weighted by Crippen LogP contribution is -2.26. The van der Waals surface area contributed by atoms with E-state index in [1.165, 1.54) is 0 Å². The quantitative estimate of drug-likeness (QED) is 0.475. The fourth-order valence-electron chi connectivity index (χ4n) is 1.44. The molecule has 0 fully saturated rings. The van der Waals surface area contributed by atoms with E-state index in [4.69, 9.17) is 9.47 Å². The Morgan fingerprint density at radius 3 is 2.57 bits per heavy atom. The standard InChI is InChI=1S/C15H19NO4S/c1-4-12(10-19-14(17)5-2)20-15(18)16-11-6-8-13(21-3)9-7-11/h5-9,12H,2,4,10H2,1,3H3,(H,16,18). The minimum atomic E-state index is -0.576. The average Bonchev–Trinajstić information content (AvgIpc) is 2.51. The van der Waals surface area contributed by atoms with Crippen LogP contribution in [-0.2, 0) is 14.3 Å². The summed E-state index contributed by atoms with van der Waals surface area (Å²) in [5.41, 5.74) is 0.649. The highest BCUT2D eigenvalue weighted by Crippen LogP contribution is 2.17. The van der Waals surface area contributed by atoms with Gasteiger partial charge in [-0.3, -0.25) is 5.32 Å². The molecule has 0 aromatic heterocycles. The van der Waals surface area contributed by atoms with E-state index in [9.17, 15) is 9.59 Å². The normalized spacial score (nSPS) is 11.3. The van der Waals surface area contributed by atoms with Crippen LogP contribution in [-0.4, -0.2) is 31.0 Å². The maximum atomic E-state index is 11.8. The lowest BCUT2D eigenvalue weighted by Gasteiger charge is -2.16. The zero-order chi connectivity index (χ0) is 15.7. The van der Waals surface area contributed by atoms with Crippen LogP contribution in [0.2, 0.25) is 0 Å². The van der Waals surface area contributed by atoms with E-state index in [1.54, 1.807) is 23.9 Å². The van der Waals surface area contributed by atoms with Gasteiger partial charge in [0.15, 0.2) is 0 Å². The molecule has 0 bridgehead atoms. The molecule has 1 amide bonds. The highest BCUT2D eigenvalue weighted by atomic mass is 32.2. The van der Waals surface area contributed by atoms with E-state index >= 15 is 0 Å². The SMILES string of the molecule is C=CC(=O)OCC(CC)OC(=O)Nc1ccc(SC)cc1. The predicted molar refractivity (Wildman–Crippen MR) is 83.6 cm³/mol. The number of hydrogen-bond donors (Lipinski definition) is 1. The van der Waals surface area contributed by atoms with Crippen molar-refractivity contribution in [3.8, 4) is 0 Å². The Kier molecular flexibility index (Phi) is 7.39. The van der Waals surface area contributed by atoms with Gasteiger partial charge in [-0.15, -0.1) is 11.8 Å². The molecule has 0 saturated carbocycles. The molecular formula is C15H19NO4S. The van der Waals surface area contributed by atoms with Crippen LogP contribution in [0.1, 0.15) is 13.3 Å².